The molecule has 0 bridgehead atoms. The minimum Gasteiger partial charge on any atom is -0.481 e. The molecule has 0 unspecified atom stereocenters. The van der Waals surface area contributed by atoms with Gasteiger partial charge in [-0.3, -0.25) is 4.79 Å². The number of rotatable bonds is 8. The molecule has 2 amide bonds. The summed E-state index contributed by atoms with van der Waals surface area (Å²) >= 11 is 0. The average molecular weight is 293 g/mol. The summed E-state index contributed by atoms with van der Waals surface area (Å²) in [6, 6.07) is 4.87. The van der Waals surface area contributed by atoms with E-state index in [0.717, 1.165) is 24.1 Å². The zero-order chi connectivity index (χ0) is 15.8. The lowest BCUT2D eigenvalue weighted by Gasteiger charge is -2.14. The minimum atomic E-state index is -0.794. The highest BCUT2D eigenvalue weighted by Gasteiger charge is 2.18. The van der Waals surface area contributed by atoms with E-state index in [2.05, 4.69) is 10.6 Å². The molecule has 21 heavy (non-hydrogen) atoms. The zero-order valence-electron chi connectivity index (χ0n) is 12.5. The Bertz CT molecular complexity index is 503. The van der Waals surface area contributed by atoms with Crippen molar-refractivity contribution in [3.63, 3.8) is 0 Å². The van der Waals surface area contributed by atoms with Crippen LogP contribution in [0.1, 0.15) is 24.0 Å². The molecule has 0 saturated carbocycles. The number of nitrogens with two attached hydrogens (primary N) is 1. The Balaban J connectivity index is 2.80. The number of carboxylic acids is 1. The van der Waals surface area contributed by atoms with Crippen molar-refractivity contribution in [1.29, 1.82) is 0 Å². The van der Waals surface area contributed by atoms with Crippen molar-refractivity contribution >= 4 is 17.7 Å². The van der Waals surface area contributed by atoms with Crippen molar-refractivity contribution in [2.75, 3.05) is 18.9 Å². The van der Waals surface area contributed by atoms with Crippen molar-refractivity contribution in [3.05, 3.63) is 29.3 Å². The molecule has 0 fully saturated rings. The van der Waals surface area contributed by atoms with Crippen LogP contribution in [0.3, 0.4) is 0 Å². The number of primary amides is 1. The average Bonchev–Trinajstić information content (AvgIpc) is 2.36. The minimum absolute atomic E-state index is 0.429. The molecule has 0 heterocycles. The van der Waals surface area contributed by atoms with E-state index in [1.165, 1.54) is 0 Å². The Morgan fingerprint density at radius 3 is 2.62 bits per heavy atom. The van der Waals surface area contributed by atoms with Crippen molar-refractivity contribution < 1.29 is 14.7 Å². The van der Waals surface area contributed by atoms with Gasteiger partial charge in [-0.25, -0.2) is 4.79 Å². The Hall–Kier alpha value is -2.08. The molecule has 0 spiro atoms. The highest BCUT2D eigenvalue weighted by molar-refractivity contribution is 5.88. The van der Waals surface area contributed by atoms with Crippen LogP contribution < -0.4 is 16.4 Å². The molecule has 0 aliphatic rings. The summed E-state index contributed by atoms with van der Waals surface area (Å²) in [6.45, 7) is 2.69. The first-order valence-corrected chi connectivity index (χ1v) is 6.96. The molecule has 0 aromatic heterocycles. The van der Waals surface area contributed by atoms with Crippen LogP contribution in [0.2, 0.25) is 0 Å². The molecule has 0 aliphatic carbocycles. The molecular formula is C15H23N3O3. The van der Waals surface area contributed by atoms with E-state index in [0.29, 0.717) is 18.5 Å². The third-order valence-electron chi connectivity index (χ3n) is 3.22. The highest BCUT2D eigenvalue weighted by atomic mass is 16.4. The van der Waals surface area contributed by atoms with E-state index in [9.17, 15) is 14.7 Å². The van der Waals surface area contributed by atoms with Crippen molar-refractivity contribution in [3.8, 4) is 0 Å². The quantitative estimate of drug-likeness (QED) is 0.548. The maximum Gasteiger partial charge on any atom is 0.316 e. The third-order valence-corrected chi connectivity index (χ3v) is 3.22. The first kappa shape index (κ1) is 17.0. The number of amides is 2. The summed E-state index contributed by atoms with van der Waals surface area (Å²) < 4.78 is 0. The fourth-order valence-corrected chi connectivity index (χ4v) is 2.32. The highest BCUT2D eigenvalue weighted by Crippen LogP contribution is 2.20. The topological polar surface area (TPSA) is 104 Å². The van der Waals surface area contributed by atoms with E-state index in [-0.39, 0.29) is 0 Å². The maximum atomic E-state index is 11.3. The van der Waals surface area contributed by atoms with Gasteiger partial charge in [0.25, 0.3) is 0 Å². The molecule has 0 radical (unpaired) electrons. The fourth-order valence-electron chi connectivity index (χ4n) is 2.32. The van der Waals surface area contributed by atoms with Crippen LogP contribution in [0.15, 0.2) is 18.2 Å². The van der Waals surface area contributed by atoms with E-state index in [4.69, 9.17) is 5.73 Å². The van der Waals surface area contributed by atoms with Crippen molar-refractivity contribution in [2.45, 2.75) is 26.2 Å². The van der Waals surface area contributed by atoms with Gasteiger partial charge in [-0.1, -0.05) is 6.07 Å². The van der Waals surface area contributed by atoms with Crippen LogP contribution in [-0.2, 0) is 11.2 Å². The third kappa shape index (κ3) is 6.27. The number of anilines is 1. The molecule has 6 heteroatoms. The SMILES string of the molecule is CNCCC[C@H](Cc1cc(C)cc(NC(N)=O)c1)C(=O)O. The molecule has 1 atom stereocenters. The van der Waals surface area contributed by atoms with E-state index >= 15 is 0 Å². The van der Waals surface area contributed by atoms with Gasteiger partial charge in [0.15, 0.2) is 0 Å². The van der Waals surface area contributed by atoms with Crippen LogP contribution in [0, 0.1) is 12.8 Å². The van der Waals surface area contributed by atoms with Gasteiger partial charge in [0.05, 0.1) is 5.92 Å². The molecule has 0 saturated heterocycles. The number of hydrogen-bond acceptors (Lipinski definition) is 3. The van der Waals surface area contributed by atoms with E-state index in [1.54, 1.807) is 12.1 Å². The summed E-state index contributed by atoms with van der Waals surface area (Å²) in [7, 11) is 1.85. The Labute approximate surface area is 124 Å². The number of aliphatic carboxylic acids is 1. The summed E-state index contributed by atoms with van der Waals surface area (Å²) in [4.78, 5) is 22.2. The molecular weight excluding hydrogens is 270 g/mol. The number of benzene rings is 1. The number of hydrogen-bond donors (Lipinski definition) is 4. The first-order valence-electron chi connectivity index (χ1n) is 6.96. The zero-order valence-corrected chi connectivity index (χ0v) is 12.5. The summed E-state index contributed by atoms with van der Waals surface area (Å²) in [5, 5.41) is 14.8. The fraction of sp³-hybridized carbons (Fsp3) is 0.467. The lowest BCUT2D eigenvalue weighted by molar-refractivity contribution is -0.141. The largest absolute Gasteiger partial charge is 0.481 e. The monoisotopic (exact) mass is 293 g/mol. The molecule has 1 aromatic rings. The van der Waals surface area contributed by atoms with Gasteiger partial charge >= 0.3 is 12.0 Å². The summed E-state index contributed by atoms with van der Waals surface area (Å²) in [6.07, 6.45) is 1.86. The van der Waals surface area contributed by atoms with Gasteiger partial charge in [0, 0.05) is 5.69 Å². The molecule has 1 aromatic carbocycles. The van der Waals surface area contributed by atoms with Crippen molar-refractivity contribution in [2.24, 2.45) is 11.7 Å². The van der Waals surface area contributed by atoms with Crippen LogP contribution in [-0.4, -0.2) is 30.7 Å². The Kier molecular flexibility index (Phi) is 6.68. The predicted octanol–water partition coefficient (Wildman–Crippen LogP) is 1.73. The van der Waals surface area contributed by atoms with Crippen LogP contribution >= 0.6 is 0 Å². The van der Waals surface area contributed by atoms with Crippen LogP contribution in [0.25, 0.3) is 0 Å². The second kappa shape index (κ2) is 8.26. The van der Waals surface area contributed by atoms with Gasteiger partial charge in [-0.2, -0.15) is 0 Å². The Morgan fingerprint density at radius 2 is 2.05 bits per heavy atom. The lowest BCUT2D eigenvalue weighted by atomic mass is 9.93. The summed E-state index contributed by atoms with van der Waals surface area (Å²) in [5.41, 5.74) is 7.54. The van der Waals surface area contributed by atoms with Crippen molar-refractivity contribution in [1.82, 2.24) is 5.32 Å². The molecule has 0 aliphatic heterocycles. The van der Waals surface area contributed by atoms with E-state index < -0.39 is 17.9 Å². The smallest absolute Gasteiger partial charge is 0.316 e. The van der Waals surface area contributed by atoms with Crippen LogP contribution in [0.5, 0.6) is 0 Å². The summed E-state index contributed by atoms with van der Waals surface area (Å²) in [5.74, 6) is -1.22. The van der Waals surface area contributed by atoms with Gasteiger partial charge in [-0.15, -0.1) is 0 Å². The molecule has 1 rings (SSSR count). The number of carboxylic acid groups (broad SMARTS) is 1. The number of carbonyl (C=O) groups is 2. The molecule has 116 valence electrons. The number of nitrogens with one attached hydrogen (secondary N) is 2. The van der Waals surface area contributed by atoms with E-state index in [1.807, 2.05) is 20.0 Å². The Morgan fingerprint density at radius 1 is 1.33 bits per heavy atom. The normalized spacial score (nSPS) is 11.9. The van der Waals surface area contributed by atoms with Gasteiger partial charge in [0.1, 0.15) is 0 Å². The second-order valence-corrected chi connectivity index (χ2v) is 5.18. The molecule has 6 nitrogen and oxygen atoms in total. The second-order valence-electron chi connectivity index (χ2n) is 5.18. The number of aryl methyl sites for hydroxylation is 1. The van der Waals surface area contributed by atoms with Crippen LogP contribution in [0.4, 0.5) is 10.5 Å². The van der Waals surface area contributed by atoms with Gasteiger partial charge in [0.2, 0.25) is 0 Å². The molecule has 5 N–H and O–H groups in total. The lowest BCUT2D eigenvalue weighted by Crippen LogP contribution is -2.20. The number of carbonyl (C=O) groups excluding carboxylic acids is 1. The van der Waals surface area contributed by atoms with Gasteiger partial charge < -0.3 is 21.5 Å². The van der Waals surface area contributed by atoms with Gasteiger partial charge in [-0.05, 0) is 63.0 Å². The first-order chi connectivity index (χ1) is 9.92. The standard InChI is InChI=1S/C15H23N3O3/c1-10-6-11(9-13(7-10)18-15(16)21)8-12(14(19)20)4-3-5-17-2/h6-7,9,12,17H,3-5,8H2,1-2H3,(H,19,20)(H3,16,18,21)/t12-/m1/s1. The number of urea groups is 1. The predicted molar refractivity (Wildman–Crippen MR) is 82.4 cm³/mol. The maximum absolute atomic E-state index is 11.3.